The van der Waals surface area contributed by atoms with E-state index in [2.05, 4.69) is 9.88 Å². The maximum absolute atomic E-state index is 11.6. The van der Waals surface area contributed by atoms with Crippen molar-refractivity contribution in [2.75, 3.05) is 31.7 Å². The molecular formula is C18H24N2O4S. The largest absolute Gasteiger partial charge is 0.496 e. The average Bonchev–Trinajstić information content (AvgIpc) is 2.92. The van der Waals surface area contributed by atoms with Crippen molar-refractivity contribution >= 4 is 9.84 Å². The Kier molecular flexibility index (Phi) is 4.88. The molecule has 0 N–H and O–H groups in total. The highest BCUT2D eigenvalue weighted by Gasteiger charge is 2.23. The fraction of sp³-hybridized carbons (Fsp3) is 0.500. The third kappa shape index (κ3) is 3.88. The fourth-order valence-electron chi connectivity index (χ4n) is 3.05. The van der Waals surface area contributed by atoms with Crippen LogP contribution in [-0.4, -0.2) is 50.0 Å². The van der Waals surface area contributed by atoms with E-state index in [1.807, 2.05) is 32.9 Å². The van der Waals surface area contributed by atoms with Crippen molar-refractivity contribution in [2.24, 2.45) is 0 Å². The Morgan fingerprint density at radius 2 is 1.84 bits per heavy atom. The predicted molar refractivity (Wildman–Crippen MR) is 96.6 cm³/mol. The van der Waals surface area contributed by atoms with Crippen LogP contribution in [0.25, 0.3) is 11.5 Å². The first-order chi connectivity index (χ1) is 11.8. The summed E-state index contributed by atoms with van der Waals surface area (Å²) in [6.07, 6.45) is 0. The van der Waals surface area contributed by atoms with Crippen molar-refractivity contribution in [3.05, 3.63) is 34.7 Å². The van der Waals surface area contributed by atoms with E-state index in [-0.39, 0.29) is 11.5 Å². The summed E-state index contributed by atoms with van der Waals surface area (Å²) in [6.45, 7) is 7.60. The lowest BCUT2D eigenvalue weighted by molar-refractivity contribution is 0.283. The van der Waals surface area contributed by atoms with Crippen LogP contribution in [-0.2, 0) is 16.4 Å². The Labute approximate surface area is 148 Å². The summed E-state index contributed by atoms with van der Waals surface area (Å²) in [5, 5.41) is 0. The SMILES string of the molecule is COc1cc(C)c(-c2nc(CN3CCS(=O)(=O)CC3)c(C)o2)cc1C. The van der Waals surface area contributed by atoms with Gasteiger partial charge in [0.25, 0.3) is 0 Å². The smallest absolute Gasteiger partial charge is 0.226 e. The van der Waals surface area contributed by atoms with E-state index in [0.717, 1.165) is 33.9 Å². The topological polar surface area (TPSA) is 72.6 Å². The van der Waals surface area contributed by atoms with Crippen molar-refractivity contribution in [3.63, 3.8) is 0 Å². The number of aryl methyl sites for hydroxylation is 3. The molecule has 0 spiro atoms. The fourth-order valence-corrected chi connectivity index (χ4v) is 4.33. The second-order valence-corrected chi connectivity index (χ2v) is 8.89. The number of hydrogen-bond acceptors (Lipinski definition) is 6. The van der Waals surface area contributed by atoms with E-state index in [4.69, 9.17) is 9.15 Å². The number of aromatic nitrogens is 1. The molecule has 1 fully saturated rings. The van der Waals surface area contributed by atoms with E-state index in [0.29, 0.717) is 25.5 Å². The maximum Gasteiger partial charge on any atom is 0.226 e. The van der Waals surface area contributed by atoms with Crippen LogP contribution >= 0.6 is 0 Å². The third-order valence-corrected chi connectivity index (χ3v) is 6.28. The van der Waals surface area contributed by atoms with Crippen LogP contribution in [0.3, 0.4) is 0 Å². The first-order valence-corrected chi connectivity index (χ1v) is 10.2. The lowest BCUT2D eigenvalue weighted by atomic mass is 10.0. The molecule has 0 amide bonds. The molecule has 0 bridgehead atoms. The van der Waals surface area contributed by atoms with Gasteiger partial charge in [0.05, 0.1) is 24.3 Å². The zero-order chi connectivity index (χ0) is 18.2. The van der Waals surface area contributed by atoms with Crippen molar-refractivity contribution in [1.29, 1.82) is 0 Å². The van der Waals surface area contributed by atoms with Gasteiger partial charge >= 0.3 is 0 Å². The summed E-state index contributed by atoms with van der Waals surface area (Å²) in [6, 6.07) is 4.01. The molecule has 3 rings (SSSR count). The van der Waals surface area contributed by atoms with Gasteiger partial charge in [-0.2, -0.15) is 0 Å². The second kappa shape index (κ2) is 6.80. The molecule has 1 saturated heterocycles. The number of nitrogens with zero attached hydrogens (tertiary/aromatic N) is 2. The highest BCUT2D eigenvalue weighted by molar-refractivity contribution is 7.91. The minimum absolute atomic E-state index is 0.216. The van der Waals surface area contributed by atoms with Crippen molar-refractivity contribution < 1.29 is 17.6 Å². The molecular weight excluding hydrogens is 340 g/mol. The molecule has 0 atom stereocenters. The molecule has 1 aromatic heterocycles. The number of rotatable bonds is 4. The Morgan fingerprint density at radius 1 is 1.16 bits per heavy atom. The Morgan fingerprint density at radius 3 is 2.48 bits per heavy atom. The number of ether oxygens (including phenoxy) is 1. The molecule has 0 radical (unpaired) electrons. The molecule has 25 heavy (non-hydrogen) atoms. The van der Waals surface area contributed by atoms with Gasteiger partial charge < -0.3 is 9.15 Å². The lowest BCUT2D eigenvalue weighted by Gasteiger charge is -2.25. The molecule has 1 aliphatic rings. The summed E-state index contributed by atoms with van der Waals surface area (Å²) in [4.78, 5) is 6.78. The second-order valence-electron chi connectivity index (χ2n) is 6.59. The minimum Gasteiger partial charge on any atom is -0.496 e. The van der Waals surface area contributed by atoms with Crippen LogP contribution in [0.5, 0.6) is 5.75 Å². The molecule has 136 valence electrons. The van der Waals surface area contributed by atoms with Crippen LogP contribution in [0.15, 0.2) is 16.5 Å². The maximum atomic E-state index is 11.6. The predicted octanol–water partition coefficient (Wildman–Crippen LogP) is 2.51. The van der Waals surface area contributed by atoms with Gasteiger partial charge in [-0.05, 0) is 44.0 Å². The van der Waals surface area contributed by atoms with Gasteiger partial charge in [0.15, 0.2) is 9.84 Å². The van der Waals surface area contributed by atoms with Crippen LogP contribution in [0, 0.1) is 20.8 Å². The number of benzene rings is 1. The minimum atomic E-state index is -2.87. The van der Waals surface area contributed by atoms with Gasteiger partial charge in [-0.25, -0.2) is 13.4 Å². The molecule has 0 saturated carbocycles. The number of oxazole rings is 1. The van der Waals surface area contributed by atoms with Crippen molar-refractivity contribution in [2.45, 2.75) is 27.3 Å². The van der Waals surface area contributed by atoms with Gasteiger partial charge in [-0.15, -0.1) is 0 Å². The van der Waals surface area contributed by atoms with E-state index >= 15 is 0 Å². The first kappa shape index (κ1) is 17.9. The van der Waals surface area contributed by atoms with Gasteiger partial charge in [0, 0.05) is 25.2 Å². The summed E-state index contributed by atoms with van der Waals surface area (Å²) < 4.78 is 34.4. The van der Waals surface area contributed by atoms with Crippen LogP contribution in [0.4, 0.5) is 0 Å². The lowest BCUT2D eigenvalue weighted by Crippen LogP contribution is -2.39. The number of hydrogen-bond donors (Lipinski definition) is 0. The molecule has 0 aliphatic carbocycles. The Balaban J connectivity index is 1.82. The summed E-state index contributed by atoms with van der Waals surface area (Å²) in [5.74, 6) is 2.65. The Hall–Kier alpha value is -1.86. The van der Waals surface area contributed by atoms with Crippen LogP contribution < -0.4 is 4.74 Å². The van der Waals surface area contributed by atoms with E-state index in [1.54, 1.807) is 7.11 Å². The van der Waals surface area contributed by atoms with Crippen LogP contribution in [0.1, 0.15) is 22.6 Å². The third-order valence-electron chi connectivity index (χ3n) is 4.68. The van der Waals surface area contributed by atoms with E-state index < -0.39 is 9.84 Å². The average molecular weight is 364 g/mol. The molecule has 0 unspecified atom stereocenters. The monoisotopic (exact) mass is 364 g/mol. The Bertz CT molecular complexity index is 873. The summed E-state index contributed by atoms with van der Waals surface area (Å²) in [5.41, 5.74) is 3.89. The van der Waals surface area contributed by atoms with Gasteiger partial charge in [-0.3, -0.25) is 4.90 Å². The molecule has 2 aromatic rings. The molecule has 1 aliphatic heterocycles. The molecule has 1 aromatic carbocycles. The summed E-state index contributed by atoms with van der Waals surface area (Å²) in [7, 11) is -1.21. The van der Waals surface area contributed by atoms with Gasteiger partial charge in [0.1, 0.15) is 11.5 Å². The van der Waals surface area contributed by atoms with Gasteiger partial charge in [-0.1, -0.05) is 0 Å². The van der Waals surface area contributed by atoms with E-state index in [1.165, 1.54) is 0 Å². The number of sulfone groups is 1. The van der Waals surface area contributed by atoms with Gasteiger partial charge in [0.2, 0.25) is 5.89 Å². The van der Waals surface area contributed by atoms with Crippen molar-refractivity contribution in [3.8, 4) is 17.2 Å². The zero-order valence-corrected chi connectivity index (χ0v) is 15.9. The number of methoxy groups -OCH3 is 1. The highest BCUT2D eigenvalue weighted by atomic mass is 32.2. The normalized spacial score (nSPS) is 17.6. The van der Waals surface area contributed by atoms with E-state index in [9.17, 15) is 8.42 Å². The molecule has 2 heterocycles. The molecule has 7 heteroatoms. The zero-order valence-electron chi connectivity index (χ0n) is 15.1. The van der Waals surface area contributed by atoms with Crippen LogP contribution in [0.2, 0.25) is 0 Å². The summed E-state index contributed by atoms with van der Waals surface area (Å²) >= 11 is 0. The quantitative estimate of drug-likeness (QED) is 0.830. The van der Waals surface area contributed by atoms with Crippen molar-refractivity contribution in [1.82, 2.24) is 9.88 Å². The standard InChI is InChI=1S/C18H24N2O4S/c1-12-10-17(23-4)13(2)9-15(12)18-19-16(14(3)24-18)11-20-5-7-25(21,22)8-6-20/h9-10H,5-8,11H2,1-4H3. The first-order valence-electron chi connectivity index (χ1n) is 8.34. The highest BCUT2D eigenvalue weighted by Crippen LogP contribution is 2.31. The molecule has 6 nitrogen and oxygen atoms in total.